The summed E-state index contributed by atoms with van der Waals surface area (Å²) in [4.78, 5) is 21.9. The molecule has 41 heavy (non-hydrogen) atoms. The molecule has 214 valence electrons. The summed E-state index contributed by atoms with van der Waals surface area (Å²) in [5.74, 6) is 0.305. The summed E-state index contributed by atoms with van der Waals surface area (Å²) in [6.45, 7) is 4.84. The fourth-order valence-electron chi connectivity index (χ4n) is 4.54. The molecule has 0 radical (unpaired) electrons. The highest BCUT2D eigenvalue weighted by molar-refractivity contribution is 5.92. The molecule has 1 heterocycles. The van der Waals surface area contributed by atoms with E-state index in [2.05, 4.69) is 23.8 Å². The molecule has 0 atom stereocenters. The number of aryl methyl sites for hydroxylation is 1. The first kappa shape index (κ1) is 31.3. The normalized spacial score (nSPS) is 10.5. The standard InChI is InChI=1S/C34H40N4O3/c1-3-5-7-9-10-12-14-26-24-37-33(38-25-26)27-15-17-28(18-16-27)34(39)41-32-20-19-31(29(22-35)30(32)23-36)40-21-13-11-8-6-4-2/h15-20,24-25H,3-14,21H2,1-2H3. The molecule has 1 aromatic heterocycles. The Morgan fingerprint density at radius 3 is 1.93 bits per heavy atom. The smallest absolute Gasteiger partial charge is 0.343 e. The van der Waals surface area contributed by atoms with E-state index in [0.717, 1.165) is 49.7 Å². The van der Waals surface area contributed by atoms with E-state index in [9.17, 15) is 15.3 Å². The molecule has 0 spiro atoms. The van der Waals surface area contributed by atoms with Crippen LogP contribution in [-0.2, 0) is 6.42 Å². The van der Waals surface area contributed by atoms with Gasteiger partial charge in [0.1, 0.15) is 29.0 Å². The number of esters is 1. The Kier molecular flexibility index (Phi) is 13.3. The highest BCUT2D eigenvalue weighted by atomic mass is 16.5. The van der Waals surface area contributed by atoms with E-state index in [1.807, 2.05) is 24.5 Å². The molecule has 2 aromatic carbocycles. The lowest BCUT2D eigenvalue weighted by Crippen LogP contribution is -2.10. The number of hydrogen-bond acceptors (Lipinski definition) is 7. The second-order valence-electron chi connectivity index (χ2n) is 10.2. The second-order valence-corrected chi connectivity index (χ2v) is 10.2. The molecule has 3 rings (SSSR count). The van der Waals surface area contributed by atoms with Crippen molar-refractivity contribution in [2.45, 2.75) is 90.9 Å². The molecule has 0 aliphatic carbocycles. The maximum atomic E-state index is 12.9. The minimum Gasteiger partial charge on any atom is -0.492 e. The molecule has 0 saturated heterocycles. The van der Waals surface area contributed by atoms with Crippen LogP contribution < -0.4 is 9.47 Å². The average Bonchev–Trinajstić information content (AvgIpc) is 3.01. The van der Waals surface area contributed by atoms with Crippen molar-refractivity contribution in [3.05, 3.63) is 71.0 Å². The third-order valence-electron chi connectivity index (χ3n) is 6.96. The topological polar surface area (TPSA) is 109 Å². The van der Waals surface area contributed by atoms with Crippen molar-refractivity contribution in [3.8, 4) is 35.0 Å². The molecule has 0 fully saturated rings. The van der Waals surface area contributed by atoms with Gasteiger partial charge in [-0.2, -0.15) is 10.5 Å². The fraction of sp³-hybridized carbons (Fsp3) is 0.441. The second kappa shape index (κ2) is 17.5. The van der Waals surface area contributed by atoms with Gasteiger partial charge in [0.05, 0.1) is 12.2 Å². The number of rotatable bonds is 17. The van der Waals surface area contributed by atoms with Gasteiger partial charge in [0.15, 0.2) is 11.6 Å². The number of unbranched alkanes of at least 4 members (excludes halogenated alkanes) is 9. The predicted molar refractivity (Wildman–Crippen MR) is 160 cm³/mol. The number of hydrogen-bond donors (Lipinski definition) is 0. The molecule has 0 aliphatic rings. The molecule has 3 aromatic rings. The van der Waals surface area contributed by atoms with Crippen LogP contribution in [0, 0.1) is 22.7 Å². The molecule has 7 nitrogen and oxygen atoms in total. The Labute approximate surface area is 244 Å². The fourth-order valence-corrected chi connectivity index (χ4v) is 4.54. The summed E-state index contributed by atoms with van der Waals surface area (Å²) in [5.41, 5.74) is 2.27. The molecule has 0 bridgehead atoms. The quantitative estimate of drug-likeness (QED) is 0.0940. The highest BCUT2D eigenvalue weighted by Crippen LogP contribution is 2.30. The van der Waals surface area contributed by atoms with Gasteiger partial charge >= 0.3 is 5.97 Å². The predicted octanol–water partition coefficient (Wildman–Crippen LogP) is 8.36. The summed E-state index contributed by atoms with van der Waals surface area (Å²) in [6, 6.07) is 13.9. The summed E-state index contributed by atoms with van der Waals surface area (Å²) in [5, 5.41) is 19.4. The minimum atomic E-state index is -0.628. The van der Waals surface area contributed by atoms with E-state index in [1.54, 1.807) is 30.3 Å². The van der Waals surface area contributed by atoms with Crippen molar-refractivity contribution in [2.75, 3.05) is 6.61 Å². The third kappa shape index (κ3) is 9.72. The third-order valence-corrected chi connectivity index (χ3v) is 6.96. The van der Waals surface area contributed by atoms with Crippen LogP contribution in [0.5, 0.6) is 11.5 Å². The van der Waals surface area contributed by atoms with Crippen LogP contribution in [0.3, 0.4) is 0 Å². The Morgan fingerprint density at radius 1 is 0.732 bits per heavy atom. The Balaban J connectivity index is 1.58. The van der Waals surface area contributed by atoms with Crippen molar-refractivity contribution in [3.63, 3.8) is 0 Å². The van der Waals surface area contributed by atoms with Gasteiger partial charge in [-0.1, -0.05) is 83.8 Å². The number of benzene rings is 2. The molecule has 0 saturated carbocycles. The summed E-state index contributed by atoms with van der Waals surface area (Å²) >= 11 is 0. The van der Waals surface area contributed by atoms with Crippen molar-refractivity contribution >= 4 is 5.97 Å². The van der Waals surface area contributed by atoms with Crippen molar-refractivity contribution in [1.82, 2.24) is 9.97 Å². The van der Waals surface area contributed by atoms with Crippen molar-refractivity contribution < 1.29 is 14.3 Å². The van der Waals surface area contributed by atoms with Gasteiger partial charge in [-0.05, 0) is 49.1 Å². The molecule has 0 unspecified atom stereocenters. The maximum Gasteiger partial charge on any atom is 0.343 e. The first-order valence-corrected chi connectivity index (χ1v) is 14.8. The summed E-state index contributed by atoms with van der Waals surface area (Å²) in [6.07, 6.45) is 17.6. The van der Waals surface area contributed by atoms with Crippen LogP contribution >= 0.6 is 0 Å². The molecule has 0 N–H and O–H groups in total. The minimum absolute atomic E-state index is 0.0181. The zero-order valence-corrected chi connectivity index (χ0v) is 24.3. The molecular formula is C34H40N4O3. The van der Waals surface area contributed by atoms with Gasteiger partial charge < -0.3 is 9.47 Å². The first-order valence-electron chi connectivity index (χ1n) is 14.8. The number of nitriles is 2. The Hall–Kier alpha value is -4.23. The lowest BCUT2D eigenvalue weighted by Gasteiger charge is -2.12. The summed E-state index contributed by atoms with van der Waals surface area (Å²) < 4.78 is 11.3. The van der Waals surface area contributed by atoms with E-state index in [-0.39, 0.29) is 16.9 Å². The van der Waals surface area contributed by atoms with Crippen LogP contribution in [0.15, 0.2) is 48.8 Å². The highest BCUT2D eigenvalue weighted by Gasteiger charge is 2.19. The van der Waals surface area contributed by atoms with E-state index < -0.39 is 5.97 Å². The Bertz CT molecular complexity index is 1320. The maximum absolute atomic E-state index is 12.9. The molecule has 7 heteroatoms. The number of ether oxygens (including phenoxy) is 2. The van der Waals surface area contributed by atoms with E-state index in [0.29, 0.717) is 23.7 Å². The zero-order valence-electron chi connectivity index (χ0n) is 24.3. The van der Waals surface area contributed by atoms with Gasteiger partial charge in [0, 0.05) is 18.0 Å². The van der Waals surface area contributed by atoms with E-state index in [1.165, 1.54) is 44.6 Å². The molecule has 0 amide bonds. The van der Waals surface area contributed by atoms with E-state index >= 15 is 0 Å². The molecular weight excluding hydrogens is 512 g/mol. The van der Waals surface area contributed by atoms with Crippen LogP contribution in [0.2, 0.25) is 0 Å². The molecule has 0 aliphatic heterocycles. The van der Waals surface area contributed by atoms with Crippen LogP contribution in [0.1, 0.15) is 112 Å². The van der Waals surface area contributed by atoms with Crippen molar-refractivity contribution in [1.29, 1.82) is 10.5 Å². The van der Waals surface area contributed by atoms with Crippen LogP contribution in [-0.4, -0.2) is 22.5 Å². The number of nitrogens with zero attached hydrogens (tertiary/aromatic N) is 4. The van der Waals surface area contributed by atoms with Gasteiger partial charge in [-0.3, -0.25) is 0 Å². The largest absolute Gasteiger partial charge is 0.492 e. The average molecular weight is 553 g/mol. The zero-order chi connectivity index (χ0) is 29.3. The monoisotopic (exact) mass is 552 g/mol. The van der Waals surface area contributed by atoms with Gasteiger partial charge in [-0.25, -0.2) is 14.8 Å². The van der Waals surface area contributed by atoms with Gasteiger partial charge in [0.2, 0.25) is 0 Å². The SMILES string of the molecule is CCCCCCCCc1cnc(-c2ccc(C(=O)Oc3ccc(OCCCCCCC)c(C#N)c3C#N)cc2)nc1. The van der Waals surface area contributed by atoms with Crippen LogP contribution in [0.4, 0.5) is 0 Å². The number of aromatic nitrogens is 2. The van der Waals surface area contributed by atoms with Crippen LogP contribution in [0.25, 0.3) is 11.4 Å². The van der Waals surface area contributed by atoms with E-state index in [4.69, 9.17) is 9.47 Å². The lowest BCUT2D eigenvalue weighted by molar-refractivity contribution is 0.0734. The summed E-state index contributed by atoms with van der Waals surface area (Å²) in [7, 11) is 0. The Morgan fingerprint density at radius 2 is 1.29 bits per heavy atom. The lowest BCUT2D eigenvalue weighted by atomic mass is 10.1. The first-order chi connectivity index (χ1) is 20.1. The van der Waals surface area contributed by atoms with Gasteiger partial charge in [-0.15, -0.1) is 0 Å². The number of carbonyl (C=O) groups excluding carboxylic acids is 1. The van der Waals surface area contributed by atoms with Gasteiger partial charge in [0.25, 0.3) is 0 Å². The number of carbonyl (C=O) groups is 1. The van der Waals surface area contributed by atoms with Crippen molar-refractivity contribution in [2.24, 2.45) is 0 Å².